The molecule has 0 saturated carbocycles. The highest BCUT2D eigenvalue weighted by atomic mass is 79.9. The molecule has 0 unspecified atom stereocenters. The van der Waals surface area contributed by atoms with Gasteiger partial charge in [0.15, 0.2) is 3.92 Å². The lowest BCUT2D eigenvalue weighted by Gasteiger charge is -2.06. The Morgan fingerprint density at radius 2 is 2.22 bits per heavy atom. The Morgan fingerprint density at radius 3 is 2.94 bits per heavy atom. The van der Waals surface area contributed by atoms with E-state index in [1.807, 2.05) is 18.3 Å². The molecule has 0 bridgehead atoms. The summed E-state index contributed by atoms with van der Waals surface area (Å²) in [7, 11) is 1.67. The maximum absolute atomic E-state index is 5.38. The van der Waals surface area contributed by atoms with E-state index >= 15 is 0 Å². The second-order valence-electron chi connectivity index (χ2n) is 3.91. The summed E-state index contributed by atoms with van der Waals surface area (Å²) in [5.41, 5.74) is 3.05. The van der Waals surface area contributed by atoms with E-state index in [4.69, 9.17) is 4.74 Å². The molecule has 2 heterocycles. The van der Waals surface area contributed by atoms with Gasteiger partial charge in [-0.1, -0.05) is 23.0 Å². The van der Waals surface area contributed by atoms with Crippen molar-refractivity contribution in [3.05, 3.63) is 33.9 Å². The van der Waals surface area contributed by atoms with E-state index in [-0.39, 0.29) is 0 Å². The second-order valence-corrected chi connectivity index (χ2v) is 6.14. The highest BCUT2D eigenvalue weighted by Crippen LogP contribution is 2.31. The van der Waals surface area contributed by atoms with Crippen molar-refractivity contribution in [1.82, 2.24) is 14.6 Å². The third kappa shape index (κ3) is 1.91. The van der Waals surface area contributed by atoms with Crippen molar-refractivity contribution < 1.29 is 4.74 Å². The molecule has 0 radical (unpaired) electrons. The number of benzene rings is 1. The van der Waals surface area contributed by atoms with Crippen LogP contribution in [0.25, 0.3) is 16.2 Å². The van der Waals surface area contributed by atoms with Gasteiger partial charge in [-0.15, -0.1) is 5.10 Å². The van der Waals surface area contributed by atoms with E-state index in [1.54, 1.807) is 11.6 Å². The van der Waals surface area contributed by atoms with Crippen LogP contribution in [0.3, 0.4) is 0 Å². The number of hydrogen-bond donors (Lipinski definition) is 0. The van der Waals surface area contributed by atoms with Crippen LogP contribution in [0.1, 0.15) is 5.56 Å². The zero-order chi connectivity index (χ0) is 12.7. The summed E-state index contributed by atoms with van der Waals surface area (Å²) in [5, 5.41) is 4.29. The summed E-state index contributed by atoms with van der Waals surface area (Å²) in [6.07, 6.45) is 1.91. The van der Waals surface area contributed by atoms with Crippen molar-refractivity contribution in [2.75, 3.05) is 7.11 Å². The molecule has 3 aromatic rings. The first kappa shape index (κ1) is 11.7. The Balaban J connectivity index is 2.18. The molecule has 0 aliphatic carbocycles. The van der Waals surface area contributed by atoms with Gasteiger partial charge in [0.2, 0.25) is 4.96 Å². The lowest BCUT2D eigenvalue weighted by molar-refractivity contribution is 0.416. The Bertz CT molecular complexity index is 688. The predicted molar refractivity (Wildman–Crippen MR) is 75.3 cm³/mol. The van der Waals surface area contributed by atoms with Crippen LogP contribution < -0.4 is 4.74 Å². The molecular formula is C12H10BrN3OS. The number of ether oxygens (including phenoxy) is 1. The number of nitrogens with zero attached hydrogens (tertiary/aromatic N) is 3. The number of rotatable bonds is 2. The van der Waals surface area contributed by atoms with Crippen LogP contribution in [-0.2, 0) is 0 Å². The molecule has 3 rings (SSSR count). The van der Waals surface area contributed by atoms with Gasteiger partial charge in [0.1, 0.15) is 5.75 Å². The van der Waals surface area contributed by atoms with Gasteiger partial charge in [-0.25, -0.2) is 9.50 Å². The number of aryl methyl sites for hydroxylation is 1. The number of fused-ring (bicyclic) bond motifs is 1. The smallest absolute Gasteiger partial charge is 0.213 e. The van der Waals surface area contributed by atoms with E-state index in [9.17, 15) is 0 Å². The van der Waals surface area contributed by atoms with Crippen LogP contribution in [0.2, 0.25) is 0 Å². The van der Waals surface area contributed by atoms with Crippen LogP contribution in [0.4, 0.5) is 0 Å². The van der Waals surface area contributed by atoms with Gasteiger partial charge in [0, 0.05) is 5.56 Å². The molecule has 0 saturated heterocycles. The molecule has 0 aliphatic rings. The average molecular weight is 324 g/mol. The zero-order valence-corrected chi connectivity index (χ0v) is 12.2. The summed E-state index contributed by atoms with van der Waals surface area (Å²) in [5.74, 6) is 0.824. The minimum atomic E-state index is 0.824. The number of methoxy groups -OCH3 is 1. The first-order chi connectivity index (χ1) is 8.67. The second kappa shape index (κ2) is 4.37. The molecule has 92 valence electrons. The van der Waals surface area contributed by atoms with Crippen molar-refractivity contribution in [2.45, 2.75) is 6.92 Å². The minimum Gasteiger partial charge on any atom is -0.496 e. The van der Waals surface area contributed by atoms with E-state index in [0.29, 0.717) is 0 Å². The molecular weight excluding hydrogens is 314 g/mol. The van der Waals surface area contributed by atoms with Gasteiger partial charge in [-0.2, -0.15) is 0 Å². The number of aromatic nitrogens is 3. The molecule has 0 N–H and O–H groups in total. The van der Waals surface area contributed by atoms with Crippen LogP contribution in [0.15, 0.2) is 28.3 Å². The monoisotopic (exact) mass is 323 g/mol. The summed E-state index contributed by atoms with van der Waals surface area (Å²) in [4.78, 5) is 5.42. The SMILES string of the molecule is COc1ccc(C)cc1-c1cn2nc(Br)sc2n1. The first-order valence-electron chi connectivity index (χ1n) is 5.34. The highest BCUT2D eigenvalue weighted by molar-refractivity contribution is 9.11. The van der Waals surface area contributed by atoms with E-state index in [2.05, 4.69) is 39.0 Å². The Morgan fingerprint density at radius 1 is 1.39 bits per heavy atom. The standard InChI is InChI=1S/C12H10BrN3OS/c1-7-3-4-10(17-2)8(5-7)9-6-16-12(14-9)18-11(13)15-16/h3-6H,1-2H3. The Hall–Kier alpha value is -1.40. The summed E-state index contributed by atoms with van der Waals surface area (Å²) >= 11 is 4.85. The van der Waals surface area contributed by atoms with Gasteiger partial charge in [-0.05, 0) is 35.0 Å². The largest absolute Gasteiger partial charge is 0.496 e. The minimum absolute atomic E-state index is 0.824. The molecule has 4 nitrogen and oxygen atoms in total. The van der Waals surface area contributed by atoms with Crippen molar-refractivity contribution in [3.63, 3.8) is 0 Å². The van der Waals surface area contributed by atoms with Crippen LogP contribution >= 0.6 is 27.3 Å². The van der Waals surface area contributed by atoms with Crippen molar-refractivity contribution in [1.29, 1.82) is 0 Å². The third-order valence-corrected chi connectivity index (χ3v) is 4.00. The van der Waals surface area contributed by atoms with Crippen LogP contribution in [0, 0.1) is 6.92 Å². The van der Waals surface area contributed by atoms with Crippen molar-refractivity contribution >= 4 is 32.2 Å². The topological polar surface area (TPSA) is 39.4 Å². The average Bonchev–Trinajstić information content (AvgIpc) is 2.85. The van der Waals surface area contributed by atoms with E-state index in [0.717, 1.165) is 25.9 Å². The lowest BCUT2D eigenvalue weighted by atomic mass is 10.1. The van der Waals surface area contributed by atoms with Crippen LogP contribution in [-0.4, -0.2) is 21.7 Å². The zero-order valence-electron chi connectivity index (χ0n) is 9.85. The van der Waals surface area contributed by atoms with Gasteiger partial charge < -0.3 is 4.74 Å². The third-order valence-electron chi connectivity index (χ3n) is 2.65. The van der Waals surface area contributed by atoms with Gasteiger partial charge in [0.05, 0.1) is 19.0 Å². The molecule has 0 atom stereocenters. The molecule has 0 spiro atoms. The fourth-order valence-corrected chi connectivity index (χ4v) is 3.04. The number of halogens is 1. The number of hydrogen-bond acceptors (Lipinski definition) is 4. The molecule has 1 aromatic carbocycles. The van der Waals surface area contributed by atoms with Gasteiger partial charge in [-0.3, -0.25) is 0 Å². The van der Waals surface area contributed by atoms with Crippen molar-refractivity contribution in [3.8, 4) is 17.0 Å². The molecule has 18 heavy (non-hydrogen) atoms. The summed E-state index contributed by atoms with van der Waals surface area (Å²) in [6.45, 7) is 2.05. The first-order valence-corrected chi connectivity index (χ1v) is 6.95. The fourth-order valence-electron chi connectivity index (χ4n) is 1.83. The maximum Gasteiger partial charge on any atom is 0.213 e. The molecule has 0 aliphatic heterocycles. The number of imidazole rings is 1. The maximum atomic E-state index is 5.38. The Labute approximate surface area is 116 Å². The molecule has 0 fully saturated rings. The highest BCUT2D eigenvalue weighted by Gasteiger charge is 2.12. The van der Waals surface area contributed by atoms with Gasteiger partial charge in [0.25, 0.3) is 0 Å². The fraction of sp³-hybridized carbons (Fsp3) is 0.167. The molecule has 6 heteroatoms. The van der Waals surface area contributed by atoms with Gasteiger partial charge >= 0.3 is 0 Å². The quantitative estimate of drug-likeness (QED) is 0.724. The van der Waals surface area contributed by atoms with Crippen molar-refractivity contribution in [2.24, 2.45) is 0 Å². The molecule has 2 aromatic heterocycles. The Kier molecular flexibility index (Phi) is 2.83. The van der Waals surface area contributed by atoms with E-state index < -0.39 is 0 Å². The van der Waals surface area contributed by atoms with Crippen LogP contribution in [0.5, 0.6) is 5.75 Å². The lowest BCUT2D eigenvalue weighted by Crippen LogP contribution is -1.89. The predicted octanol–water partition coefficient (Wildman–Crippen LogP) is 3.54. The summed E-state index contributed by atoms with van der Waals surface area (Å²) in [6, 6.07) is 6.05. The van der Waals surface area contributed by atoms with E-state index in [1.165, 1.54) is 16.9 Å². The summed E-state index contributed by atoms with van der Waals surface area (Å²) < 4.78 is 7.97. The molecule has 0 amide bonds. The normalized spacial score (nSPS) is 11.1.